The number of hydrogen-bond donors (Lipinski definition) is 0. The Labute approximate surface area is 81.9 Å². The second-order valence-electron chi connectivity index (χ2n) is 2.34. The van der Waals surface area contributed by atoms with E-state index in [1.165, 1.54) is 0 Å². The van der Waals surface area contributed by atoms with Crippen molar-refractivity contribution in [2.75, 3.05) is 11.8 Å². The number of rotatable bonds is 4. The second-order valence-corrected chi connectivity index (χ2v) is 3.10. The zero-order valence-electron chi connectivity index (χ0n) is 6.63. The molecule has 0 atom stereocenters. The van der Waals surface area contributed by atoms with Gasteiger partial charge in [0.2, 0.25) is 0 Å². The molecule has 1 aromatic rings. The molecule has 2 nitrogen and oxygen atoms in total. The van der Waals surface area contributed by atoms with Crippen molar-refractivity contribution in [2.24, 2.45) is 0 Å². The Morgan fingerprint density at radius 2 is 1.92 bits per heavy atom. The normalized spacial score (nSPS) is 10.2. The first-order valence-electron chi connectivity index (χ1n) is 3.79. The minimum Gasteiger partial charge on any atom is -0.241 e. The van der Waals surface area contributed by atoms with Gasteiger partial charge in [-0.3, -0.25) is 0 Å². The minimum atomic E-state index is 0.560. The van der Waals surface area contributed by atoms with E-state index in [-0.39, 0.29) is 0 Å². The molecule has 0 radical (unpaired) electrons. The molecule has 0 aliphatic rings. The van der Waals surface area contributed by atoms with Crippen molar-refractivity contribution in [1.82, 2.24) is 9.97 Å². The van der Waals surface area contributed by atoms with E-state index in [0.29, 0.717) is 11.8 Å². The first-order chi connectivity index (χ1) is 5.86. The van der Waals surface area contributed by atoms with Crippen LogP contribution in [0.1, 0.15) is 11.5 Å². The van der Waals surface area contributed by atoms with Crippen molar-refractivity contribution in [3.63, 3.8) is 0 Å². The molecule has 4 heteroatoms. The molecule has 0 saturated carbocycles. The van der Waals surface area contributed by atoms with Crippen LogP contribution in [0.25, 0.3) is 0 Å². The van der Waals surface area contributed by atoms with E-state index in [4.69, 9.17) is 23.2 Å². The standard InChI is InChI=1S/C8H10Cl2N2/c9-4-1-7-3-6-11-8(12-7)2-5-10/h3,6H,1-2,4-5H2. The third-order valence-corrected chi connectivity index (χ3v) is 1.81. The Morgan fingerprint density at radius 3 is 2.58 bits per heavy atom. The summed E-state index contributed by atoms with van der Waals surface area (Å²) >= 11 is 11.1. The quantitative estimate of drug-likeness (QED) is 0.703. The van der Waals surface area contributed by atoms with E-state index in [2.05, 4.69) is 9.97 Å². The van der Waals surface area contributed by atoms with Crippen LogP contribution in [-0.4, -0.2) is 21.7 Å². The third-order valence-electron chi connectivity index (χ3n) is 1.43. The lowest BCUT2D eigenvalue weighted by molar-refractivity contribution is 0.892. The number of aryl methyl sites for hydroxylation is 2. The summed E-state index contributed by atoms with van der Waals surface area (Å²) in [6, 6.07) is 1.88. The van der Waals surface area contributed by atoms with Crippen molar-refractivity contribution in [1.29, 1.82) is 0 Å². The monoisotopic (exact) mass is 204 g/mol. The number of alkyl halides is 2. The van der Waals surface area contributed by atoms with E-state index in [0.717, 1.165) is 24.4 Å². The highest BCUT2D eigenvalue weighted by atomic mass is 35.5. The smallest absolute Gasteiger partial charge is 0.129 e. The summed E-state index contributed by atoms with van der Waals surface area (Å²) in [5, 5.41) is 0. The van der Waals surface area contributed by atoms with Crippen molar-refractivity contribution in [3.8, 4) is 0 Å². The summed E-state index contributed by atoms with van der Waals surface area (Å²) < 4.78 is 0. The SMILES string of the molecule is ClCCc1ccnc(CCCl)n1. The maximum absolute atomic E-state index is 5.58. The van der Waals surface area contributed by atoms with Gasteiger partial charge in [0.05, 0.1) is 0 Å². The van der Waals surface area contributed by atoms with Crippen LogP contribution in [0, 0.1) is 0 Å². The largest absolute Gasteiger partial charge is 0.241 e. The van der Waals surface area contributed by atoms with Gasteiger partial charge in [-0.15, -0.1) is 23.2 Å². The first kappa shape index (κ1) is 9.75. The second kappa shape index (κ2) is 5.33. The van der Waals surface area contributed by atoms with Crippen LogP contribution in [-0.2, 0) is 12.8 Å². The summed E-state index contributed by atoms with van der Waals surface area (Å²) in [6.45, 7) is 0. The lowest BCUT2D eigenvalue weighted by Gasteiger charge is -1.99. The molecule has 1 heterocycles. The molecule has 0 aliphatic carbocycles. The van der Waals surface area contributed by atoms with Gasteiger partial charge in [-0.25, -0.2) is 9.97 Å². The average molecular weight is 205 g/mol. The topological polar surface area (TPSA) is 25.8 Å². The van der Waals surface area contributed by atoms with E-state index in [9.17, 15) is 0 Å². The molecule has 1 aromatic heterocycles. The Balaban J connectivity index is 2.67. The average Bonchev–Trinajstić information content (AvgIpc) is 2.06. The van der Waals surface area contributed by atoms with E-state index in [1.807, 2.05) is 6.07 Å². The van der Waals surface area contributed by atoms with Gasteiger partial charge in [0.1, 0.15) is 5.82 Å². The van der Waals surface area contributed by atoms with Gasteiger partial charge >= 0.3 is 0 Å². The maximum atomic E-state index is 5.58. The van der Waals surface area contributed by atoms with Crippen molar-refractivity contribution in [3.05, 3.63) is 23.8 Å². The van der Waals surface area contributed by atoms with Gasteiger partial charge in [0, 0.05) is 36.5 Å². The van der Waals surface area contributed by atoms with E-state index < -0.39 is 0 Å². The van der Waals surface area contributed by atoms with Crippen LogP contribution in [0.15, 0.2) is 12.3 Å². The van der Waals surface area contributed by atoms with E-state index >= 15 is 0 Å². The maximum Gasteiger partial charge on any atom is 0.129 e. The molecule has 0 aromatic carbocycles. The summed E-state index contributed by atoms with van der Waals surface area (Å²) in [5.41, 5.74) is 0.986. The highest BCUT2D eigenvalue weighted by molar-refractivity contribution is 6.18. The van der Waals surface area contributed by atoms with Gasteiger partial charge < -0.3 is 0 Å². The zero-order chi connectivity index (χ0) is 8.81. The lowest BCUT2D eigenvalue weighted by Crippen LogP contribution is -2.00. The zero-order valence-corrected chi connectivity index (χ0v) is 8.15. The Hall–Kier alpha value is -0.340. The van der Waals surface area contributed by atoms with Gasteiger partial charge in [0.15, 0.2) is 0 Å². The summed E-state index contributed by atoms with van der Waals surface area (Å²) in [6.07, 6.45) is 3.26. The van der Waals surface area contributed by atoms with Crippen LogP contribution < -0.4 is 0 Å². The highest BCUT2D eigenvalue weighted by Gasteiger charge is 1.97. The molecular weight excluding hydrogens is 195 g/mol. The molecule has 1 rings (SSSR count). The number of nitrogens with zero attached hydrogens (tertiary/aromatic N) is 2. The van der Waals surface area contributed by atoms with Crippen LogP contribution in [0.4, 0.5) is 0 Å². The van der Waals surface area contributed by atoms with Crippen LogP contribution in [0.5, 0.6) is 0 Å². The number of halogens is 2. The summed E-state index contributed by atoms with van der Waals surface area (Å²) in [7, 11) is 0. The molecule has 0 fully saturated rings. The molecule has 0 amide bonds. The predicted molar refractivity (Wildman–Crippen MR) is 50.9 cm³/mol. The molecule has 0 saturated heterocycles. The fourth-order valence-electron chi connectivity index (χ4n) is 0.882. The number of hydrogen-bond acceptors (Lipinski definition) is 2. The molecule has 66 valence electrons. The van der Waals surface area contributed by atoms with Gasteiger partial charge in [-0.2, -0.15) is 0 Å². The summed E-state index contributed by atoms with van der Waals surface area (Å²) in [5.74, 6) is 1.95. The van der Waals surface area contributed by atoms with Crippen LogP contribution in [0.2, 0.25) is 0 Å². The van der Waals surface area contributed by atoms with Crippen molar-refractivity contribution in [2.45, 2.75) is 12.8 Å². The molecule has 0 N–H and O–H groups in total. The fraction of sp³-hybridized carbons (Fsp3) is 0.500. The molecule has 0 unspecified atom stereocenters. The van der Waals surface area contributed by atoms with Gasteiger partial charge in [-0.05, 0) is 6.07 Å². The van der Waals surface area contributed by atoms with Crippen molar-refractivity contribution < 1.29 is 0 Å². The molecular formula is C8H10Cl2N2. The molecule has 0 aliphatic heterocycles. The third kappa shape index (κ3) is 2.95. The van der Waals surface area contributed by atoms with Gasteiger partial charge in [-0.1, -0.05) is 0 Å². The number of aromatic nitrogens is 2. The fourth-order valence-corrected chi connectivity index (χ4v) is 1.24. The minimum absolute atomic E-state index is 0.560. The van der Waals surface area contributed by atoms with Gasteiger partial charge in [0.25, 0.3) is 0 Å². The van der Waals surface area contributed by atoms with Crippen LogP contribution in [0.3, 0.4) is 0 Å². The highest BCUT2D eigenvalue weighted by Crippen LogP contribution is 1.99. The Bertz CT molecular complexity index is 219. The summed E-state index contributed by atoms with van der Waals surface area (Å²) in [4.78, 5) is 8.34. The molecule has 12 heavy (non-hydrogen) atoms. The molecule has 0 bridgehead atoms. The Kier molecular flexibility index (Phi) is 4.33. The van der Waals surface area contributed by atoms with Crippen molar-refractivity contribution >= 4 is 23.2 Å². The lowest BCUT2D eigenvalue weighted by atomic mass is 10.3. The predicted octanol–water partition coefficient (Wildman–Crippen LogP) is 2.04. The first-order valence-corrected chi connectivity index (χ1v) is 4.86. The molecule has 0 spiro atoms. The van der Waals surface area contributed by atoms with Crippen LogP contribution >= 0.6 is 23.2 Å². The Morgan fingerprint density at radius 1 is 1.17 bits per heavy atom. The van der Waals surface area contributed by atoms with E-state index in [1.54, 1.807) is 6.20 Å².